The number of carbonyl (C=O) groups excluding carboxylic acids is 2. The van der Waals surface area contributed by atoms with Crippen LogP contribution < -0.4 is 28.7 Å². The van der Waals surface area contributed by atoms with E-state index in [1.54, 1.807) is 62.5 Å². The van der Waals surface area contributed by atoms with Crippen molar-refractivity contribution in [1.29, 1.82) is 0 Å². The Morgan fingerprint density at radius 3 is 1.29 bits per heavy atom. The van der Waals surface area contributed by atoms with Gasteiger partial charge in [0.2, 0.25) is 0 Å². The predicted molar refractivity (Wildman–Crippen MR) is 182 cm³/mol. The third-order valence-corrected chi connectivity index (χ3v) is 10.5. The lowest BCUT2D eigenvalue weighted by atomic mass is 9.72. The van der Waals surface area contributed by atoms with E-state index in [2.05, 4.69) is 0 Å². The van der Waals surface area contributed by atoms with Gasteiger partial charge in [-0.05, 0) is 84.6 Å². The van der Waals surface area contributed by atoms with E-state index in [4.69, 9.17) is 42.1 Å². The molecule has 2 saturated heterocycles. The fourth-order valence-corrected chi connectivity index (χ4v) is 8.71. The number of carbonyl (C=O) groups is 2. The Kier molecular flexibility index (Phi) is 6.91. The molecular weight excluding hydrogens is 655 g/mol. The minimum Gasteiger partial charge on any atom is -0.493 e. The molecule has 4 aliphatic heterocycles. The molecule has 4 amide bonds. The van der Waals surface area contributed by atoms with Crippen molar-refractivity contribution in [3.05, 3.63) is 105 Å². The van der Waals surface area contributed by atoms with Crippen molar-refractivity contribution in [3.8, 4) is 23.0 Å². The number of methoxy groups -OCH3 is 4. The summed E-state index contributed by atoms with van der Waals surface area (Å²) in [6.07, 6.45) is 1.03. The molecule has 4 aromatic carbocycles. The Bertz CT molecular complexity index is 1880. The second-order valence-electron chi connectivity index (χ2n) is 12.1. The van der Waals surface area contributed by atoms with E-state index in [0.717, 1.165) is 22.3 Å². The van der Waals surface area contributed by atoms with Crippen LogP contribution in [0.1, 0.15) is 22.3 Å². The summed E-state index contributed by atoms with van der Waals surface area (Å²) in [5.41, 5.74) is 1.40. The average Bonchev–Trinajstić information content (AvgIpc) is 3.45. The highest BCUT2D eigenvalue weighted by molar-refractivity contribution is 6.31. The molecule has 4 aromatic rings. The second-order valence-corrected chi connectivity index (χ2v) is 12.9. The van der Waals surface area contributed by atoms with Gasteiger partial charge in [-0.15, -0.1) is 0 Å². The number of rotatable bonds is 6. The molecular formula is C36H32Cl2N4O6. The maximum Gasteiger partial charge on any atom is 0.329 e. The fourth-order valence-electron chi connectivity index (χ4n) is 8.34. The minimum atomic E-state index is -1.48. The van der Waals surface area contributed by atoms with Crippen LogP contribution in [0.25, 0.3) is 0 Å². The summed E-state index contributed by atoms with van der Waals surface area (Å²) in [5.74, 6) is 2.04. The van der Waals surface area contributed by atoms with E-state index < -0.39 is 11.3 Å². The van der Waals surface area contributed by atoms with E-state index in [1.807, 2.05) is 58.3 Å². The van der Waals surface area contributed by atoms with Crippen LogP contribution in [0.15, 0.2) is 72.8 Å². The molecule has 2 spiro atoms. The van der Waals surface area contributed by atoms with Gasteiger partial charge in [-0.1, -0.05) is 35.3 Å². The smallest absolute Gasteiger partial charge is 0.329 e. The lowest BCUT2D eigenvalue weighted by Crippen LogP contribution is -2.67. The number of benzene rings is 4. The van der Waals surface area contributed by atoms with Gasteiger partial charge in [0.15, 0.2) is 34.3 Å². The molecule has 0 aromatic heterocycles. The van der Waals surface area contributed by atoms with Crippen LogP contribution in [0.4, 0.5) is 21.0 Å². The van der Waals surface area contributed by atoms with E-state index in [0.29, 0.717) is 70.3 Å². The van der Waals surface area contributed by atoms with Crippen molar-refractivity contribution in [2.24, 2.45) is 0 Å². The maximum absolute atomic E-state index is 15.3. The van der Waals surface area contributed by atoms with E-state index >= 15 is 9.59 Å². The van der Waals surface area contributed by atoms with Crippen LogP contribution in [-0.2, 0) is 24.2 Å². The standard InChI is InChI=1S/C36H32Cl2N4O6/c1-45-29-15-21-11-13-39-33(43)42(26-10-6-8-24(38)18-26)36-28-20-32(48-4)30(46-2)16-22(28)12-14-40(36)34(44)41(25-9-5-7-23(37)17-25)35(36,39)27(21)19-31(29)47-3/h5-10,15-20H,11-14H2,1-4H3. The van der Waals surface area contributed by atoms with Crippen molar-refractivity contribution in [3.63, 3.8) is 0 Å². The van der Waals surface area contributed by atoms with Crippen LogP contribution in [0.2, 0.25) is 10.0 Å². The predicted octanol–water partition coefficient (Wildman–Crippen LogP) is 7.03. The zero-order chi connectivity index (χ0) is 33.5. The Labute approximate surface area is 287 Å². The largest absolute Gasteiger partial charge is 0.493 e. The SMILES string of the molecule is COc1cc2c(cc1OC)C13N(CC2)C(=O)N(c2cccc(Cl)c2)C12c1cc(OC)c(OC)cc1CCN2C(=O)N3c1cccc(Cl)c1. The Balaban J connectivity index is 1.59. The molecule has 2 fully saturated rings. The minimum absolute atomic E-state index is 0.287. The van der Waals surface area contributed by atoms with Crippen LogP contribution in [0, 0.1) is 0 Å². The summed E-state index contributed by atoms with van der Waals surface area (Å²) in [5, 5.41) is 0.904. The molecule has 246 valence electrons. The van der Waals surface area contributed by atoms with Crippen molar-refractivity contribution < 1.29 is 28.5 Å². The van der Waals surface area contributed by atoms with Crippen LogP contribution in [-0.4, -0.2) is 63.4 Å². The van der Waals surface area contributed by atoms with Gasteiger partial charge in [0.05, 0.1) is 28.4 Å². The first-order valence-corrected chi connectivity index (χ1v) is 16.3. The maximum atomic E-state index is 15.3. The van der Waals surface area contributed by atoms with Crippen molar-refractivity contribution in [2.75, 3.05) is 51.3 Å². The number of fused-ring (bicyclic) bond motifs is 2. The van der Waals surface area contributed by atoms with Gasteiger partial charge in [0.1, 0.15) is 0 Å². The van der Waals surface area contributed by atoms with Crippen molar-refractivity contribution in [1.82, 2.24) is 9.80 Å². The highest BCUT2D eigenvalue weighted by Gasteiger charge is 2.82. The molecule has 0 saturated carbocycles. The molecule has 12 heteroatoms. The molecule has 10 nitrogen and oxygen atoms in total. The summed E-state index contributed by atoms with van der Waals surface area (Å²) in [6.45, 7) is 0.613. The molecule has 4 aliphatic rings. The number of amides is 4. The summed E-state index contributed by atoms with van der Waals surface area (Å²) in [6, 6.07) is 21.5. The van der Waals surface area contributed by atoms with Crippen LogP contribution in [0.3, 0.4) is 0 Å². The van der Waals surface area contributed by atoms with Gasteiger partial charge < -0.3 is 18.9 Å². The first kappa shape index (κ1) is 30.5. The molecule has 4 heterocycles. The van der Waals surface area contributed by atoms with E-state index in [-0.39, 0.29) is 12.1 Å². The molecule has 0 aliphatic carbocycles. The Hall–Kier alpha value is -4.80. The number of hydrogen-bond acceptors (Lipinski definition) is 6. The first-order chi connectivity index (χ1) is 23.3. The van der Waals surface area contributed by atoms with E-state index in [9.17, 15) is 0 Å². The molecule has 0 radical (unpaired) electrons. The van der Waals surface area contributed by atoms with Gasteiger partial charge in [0.25, 0.3) is 0 Å². The van der Waals surface area contributed by atoms with Crippen LogP contribution in [0.5, 0.6) is 23.0 Å². The number of halogens is 2. The summed E-state index contributed by atoms with van der Waals surface area (Å²) >= 11 is 13.3. The van der Waals surface area contributed by atoms with Gasteiger partial charge in [-0.3, -0.25) is 19.6 Å². The average molecular weight is 688 g/mol. The van der Waals surface area contributed by atoms with Gasteiger partial charge in [-0.2, -0.15) is 0 Å². The third-order valence-electron chi connectivity index (χ3n) is 10.1. The second kappa shape index (κ2) is 10.9. The number of ether oxygens (including phenoxy) is 4. The molecule has 48 heavy (non-hydrogen) atoms. The first-order valence-electron chi connectivity index (χ1n) is 15.5. The number of nitrogens with zero attached hydrogens (tertiary/aromatic N) is 4. The summed E-state index contributed by atoms with van der Waals surface area (Å²) in [4.78, 5) is 37.8. The zero-order valence-electron chi connectivity index (χ0n) is 26.8. The Morgan fingerprint density at radius 2 is 0.938 bits per heavy atom. The molecule has 0 N–H and O–H groups in total. The third kappa shape index (κ3) is 3.70. The number of hydrogen-bond donors (Lipinski definition) is 0. The highest BCUT2D eigenvalue weighted by Crippen LogP contribution is 2.68. The lowest BCUT2D eigenvalue weighted by molar-refractivity contribution is 0.0353. The molecule has 0 bridgehead atoms. The van der Waals surface area contributed by atoms with Gasteiger partial charge >= 0.3 is 12.1 Å². The number of anilines is 2. The summed E-state index contributed by atoms with van der Waals surface area (Å²) in [7, 11) is 6.33. The molecule has 2 unspecified atom stereocenters. The topological polar surface area (TPSA) is 84.0 Å². The normalized spacial score (nSPS) is 22.1. The van der Waals surface area contributed by atoms with Gasteiger partial charge in [-0.25, -0.2) is 9.59 Å². The zero-order valence-corrected chi connectivity index (χ0v) is 28.3. The molecule has 2 atom stereocenters. The van der Waals surface area contributed by atoms with E-state index in [1.165, 1.54) is 0 Å². The number of urea groups is 2. The fraction of sp³-hybridized carbons (Fsp3) is 0.278. The Morgan fingerprint density at radius 1 is 0.562 bits per heavy atom. The van der Waals surface area contributed by atoms with Crippen molar-refractivity contribution >= 4 is 46.6 Å². The van der Waals surface area contributed by atoms with Crippen molar-refractivity contribution in [2.45, 2.75) is 24.2 Å². The summed E-state index contributed by atoms with van der Waals surface area (Å²) < 4.78 is 23.2. The van der Waals surface area contributed by atoms with Crippen LogP contribution >= 0.6 is 23.2 Å². The highest BCUT2D eigenvalue weighted by atomic mass is 35.5. The molecule has 8 rings (SSSR count). The lowest BCUT2D eigenvalue weighted by Gasteiger charge is -2.54. The quantitative estimate of drug-likeness (QED) is 0.217. The van der Waals surface area contributed by atoms with Gasteiger partial charge in [0, 0.05) is 45.6 Å². The monoisotopic (exact) mass is 686 g/mol.